The van der Waals surface area contributed by atoms with Gasteiger partial charge in [-0.25, -0.2) is 4.79 Å². The Bertz CT molecular complexity index is 4600. The van der Waals surface area contributed by atoms with Crippen LogP contribution in [0.1, 0.15) is 38.9 Å². The molecule has 2 aliphatic heterocycles. The predicted octanol–water partition coefficient (Wildman–Crippen LogP) is 8.41. The molecule has 12 rings (SSSR count). The molecule has 13 N–H and O–H groups in total. The number of aliphatic hydroxyl groups is 4. The molecule has 10 aromatic rings. The summed E-state index contributed by atoms with van der Waals surface area (Å²) in [7, 11) is 4.47. The van der Waals surface area contributed by atoms with Crippen LogP contribution in [0.2, 0.25) is 0 Å². The summed E-state index contributed by atoms with van der Waals surface area (Å²) in [4.78, 5) is 48.7. The van der Waals surface area contributed by atoms with Gasteiger partial charge in [-0.2, -0.15) is 0 Å². The minimum absolute atomic E-state index is 0.00150. The van der Waals surface area contributed by atoms with Gasteiger partial charge in [-0.05, 0) is 132 Å². The van der Waals surface area contributed by atoms with Gasteiger partial charge in [-0.3, -0.25) is 14.4 Å². The lowest BCUT2D eigenvalue weighted by atomic mass is 9.80. The van der Waals surface area contributed by atoms with Crippen molar-refractivity contribution in [1.29, 1.82) is 0 Å². The third-order valence-electron chi connectivity index (χ3n) is 16.3. The van der Waals surface area contributed by atoms with Gasteiger partial charge in [0, 0.05) is 71.3 Å². The number of phenolic OH excluding ortho intramolecular Hbond substituents is 8. The molecule has 4 atom stereocenters. The zero-order valence-corrected chi connectivity index (χ0v) is 51.8. The Morgan fingerprint density at radius 2 is 0.938 bits per heavy atom. The summed E-state index contributed by atoms with van der Waals surface area (Å²) in [6, 6.07) is 38.2. The second-order valence-corrected chi connectivity index (χ2v) is 22.6. The van der Waals surface area contributed by atoms with Gasteiger partial charge in [0.2, 0.25) is 0 Å². The highest BCUT2D eigenvalue weighted by atomic mass is 16.6. The van der Waals surface area contributed by atoms with E-state index in [0.29, 0.717) is 76.5 Å². The third kappa shape index (κ3) is 15.8. The van der Waals surface area contributed by atoms with E-state index in [1.54, 1.807) is 98.1 Å². The first kappa shape index (κ1) is 68.9. The maximum atomic E-state index is 12.3. The lowest BCUT2D eigenvalue weighted by Gasteiger charge is -2.26. The van der Waals surface area contributed by atoms with E-state index >= 15 is 0 Å². The van der Waals surface area contributed by atoms with Crippen LogP contribution in [0.3, 0.4) is 0 Å². The molecule has 24 nitrogen and oxygen atoms in total. The number of rotatable bonds is 16. The summed E-state index contributed by atoms with van der Waals surface area (Å²) in [5, 5.41) is 125. The van der Waals surface area contributed by atoms with Crippen LogP contribution in [0.25, 0.3) is 44.6 Å². The van der Waals surface area contributed by atoms with Gasteiger partial charge in [-0.1, -0.05) is 36.4 Å². The molecule has 0 radical (unpaired) electrons. The molecule has 96 heavy (non-hydrogen) atoms. The van der Waals surface area contributed by atoms with Gasteiger partial charge in [0.1, 0.15) is 68.0 Å². The Balaban J connectivity index is 0.000000151. The predicted molar refractivity (Wildman–Crippen MR) is 346 cm³/mol. The van der Waals surface area contributed by atoms with E-state index in [-0.39, 0.29) is 141 Å². The first-order valence-corrected chi connectivity index (χ1v) is 29.6. The lowest BCUT2D eigenvalue weighted by Crippen LogP contribution is -2.44. The summed E-state index contributed by atoms with van der Waals surface area (Å²) in [6.07, 6.45) is 1.49. The Labute approximate surface area is 546 Å². The lowest BCUT2D eigenvalue weighted by molar-refractivity contribution is -0.154. The normalized spacial score (nSPS) is 16.3. The van der Waals surface area contributed by atoms with Crippen LogP contribution in [0.15, 0.2) is 170 Å². The number of fused-ring (bicyclic) bond motifs is 2. The summed E-state index contributed by atoms with van der Waals surface area (Å²) >= 11 is 0. The molecule has 0 spiro atoms. The van der Waals surface area contributed by atoms with Crippen molar-refractivity contribution in [2.45, 2.75) is 51.1 Å². The fourth-order valence-corrected chi connectivity index (χ4v) is 11.2. The minimum Gasteiger partial charge on any atom is -0.508 e. The van der Waals surface area contributed by atoms with Crippen molar-refractivity contribution in [3.63, 3.8) is 0 Å². The Morgan fingerprint density at radius 1 is 0.438 bits per heavy atom. The van der Waals surface area contributed by atoms with Crippen molar-refractivity contribution in [2.75, 3.05) is 34.5 Å². The third-order valence-corrected chi connectivity index (χ3v) is 16.3. The number of hydrogen-bond donors (Lipinski definition) is 13. The van der Waals surface area contributed by atoms with E-state index in [0.717, 1.165) is 34.9 Å². The number of phenols is 9. The maximum Gasteiger partial charge on any atom is 0.338 e. The molecule has 2 saturated heterocycles. The van der Waals surface area contributed by atoms with E-state index in [1.807, 2.05) is 0 Å². The number of cyclic esters (lactones) is 2. The average Bonchev–Trinajstić information content (AvgIpc) is 0.967. The smallest absolute Gasteiger partial charge is 0.338 e. The summed E-state index contributed by atoms with van der Waals surface area (Å²) < 4.78 is 36.8. The van der Waals surface area contributed by atoms with Gasteiger partial charge in [-0.15, -0.1) is 0 Å². The van der Waals surface area contributed by atoms with Gasteiger partial charge in [0.25, 0.3) is 0 Å². The zero-order chi connectivity index (χ0) is 69.1. The first-order chi connectivity index (χ1) is 45.9. The molecule has 8 aromatic carbocycles. The van der Waals surface area contributed by atoms with Crippen LogP contribution in [0.4, 0.5) is 0 Å². The van der Waals surface area contributed by atoms with E-state index in [4.69, 9.17) is 32.5 Å². The molecular weight excluding hydrogens is 1250 g/mol. The minimum atomic E-state index is -1.71. The van der Waals surface area contributed by atoms with E-state index < -0.39 is 22.9 Å². The molecule has 0 amide bonds. The molecule has 2 unspecified atom stereocenters. The van der Waals surface area contributed by atoms with Crippen molar-refractivity contribution in [1.82, 2.24) is 0 Å². The Kier molecular flexibility index (Phi) is 21.6. The number of aliphatic hydroxyl groups excluding tert-OH is 3. The molecule has 4 heterocycles. The number of hydrogen-bond acceptors (Lipinski definition) is 24. The van der Waals surface area contributed by atoms with Gasteiger partial charge >= 0.3 is 11.9 Å². The van der Waals surface area contributed by atoms with E-state index in [2.05, 4.69) is 0 Å². The fraction of sp³-hybridized carbons (Fsp3) is 0.222. The van der Waals surface area contributed by atoms with Crippen molar-refractivity contribution >= 4 is 33.9 Å². The van der Waals surface area contributed by atoms with E-state index in [1.165, 1.54) is 56.7 Å². The number of carbonyl (C=O) groups excluding carboxylic acids is 2. The SMILES string of the molecule is COc1cc(C[C@@]2(O)C(=O)OCC2Cc2ccc(CO)c(CO)c2)ccc1O.COc1cc(C[C@H]2C(=O)OCC2Cc2ccc(O)c(CO)c2)ccc1O.COc1ccc(-c2cc(=O)c3c(O)cc(O)cc3o2)cc1.O=c1cc(-c2ccc(O)c(O)c2)oc2cc(O)cc(O)c12. The standard InChI is InChI=1S/C21H24O7.C20H22O6.C16H12O5.C15H10O6/c1-27-19-8-14(3-5-18(19)24)9-21(26)17(12-28-20(21)25)7-13-2-4-15(10-22)16(6-13)11-23;1-25-19-9-13(3-5-18(19)23)8-16-15(11-26-20(16)24)7-12-2-4-17(22)14(6-12)10-21;1-20-11-4-2-9(3-5-11)14-8-13(19)16-12(18)6-10(17)7-15(16)21-14;16-8-4-11(19)15-12(20)6-13(21-14(15)5-8)7-1-2-9(17)10(18)3-7/h2-6,8,17,22-24,26H,7,9-12H2,1H3;2-6,9,15-16,21-23H,7-8,10-11H2,1H3;2-8,17-18H,1H3;1-6,16-19H/t17?,21-;15?,16-;;/m01../s1. The molecule has 0 aliphatic carbocycles. The second kappa shape index (κ2) is 30.1. The highest BCUT2D eigenvalue weighted by Crippen LogP contribution is 2.39. The molecular formula is C72H68O24. The van der Waals surface area contributed by atoms with Crippen LogP contribution < -0.4 is 25.1 Å². The fourth-order valence-electron chi connectivity index (χ4n) is 11.2. The van der Waals surface area contributed by atoms with Crippen LogP contribution in [-0.4, -0.2) is 118 Å². The first-order valence-electron chi connectivity index (χ1n) is 29.6. The molecule has 0 bridgehead atoms. The quantitative estimate of drug-likeness (QED) is 0.0319. The average molecular weight is 1320 g/mol. The van der Waals surface area contributed by atoms with Crippen molar-refractivity contribution < 1.29 is 108 Å². The monoisotopic (exact) mass is 1320 g/mol. The zero-order valence-electron chi connectivity index (χ0n) is 51.8. The largest absolute Gasteiger partial charge is 0.508 e. The van der Waals surface area contributed by atoms with E-state index in [9.17, 15) is 85.6 Å². The molecule has 2 fully saturated rings. The molecule has 2 aliphatic rings. The number of aromatic hydroxyl groups is 9. The highest BCUT2D eigenvalue weighted by molar-refractivity contribution is 5.87. The van der Waals surface area contributed by atoms with Crippen LogP contribution >= 0.6 is 0 Å². The highest BCUT2D eigenvalue weighted by Gasteiger charge is 2.51. The van der Waals surface area contributed by atoms with Gasteiger partial charge in [0.05, 0.1) is 60.3 Å². The topological polar surface area (TPSA) is 404 Å². The van der Waals surface area contributed by atoms with Gasteiger partial charge in [0.15, 0.2) is 51.0 Å². The molecule has 24 heteroatoms. The number of esters is 2. The van der Waals surface area contributed by atoms with Crippen LogP contribution in [-0.2, 0) is 64.6 Å². The van der Waals surface area contributed by atoms with Crippen molar-refractivity contribution in [3.8, 4) is 91.6 Å². The number of benzene rings is 8. The number of methoxy groups -OCH3 is 3. The summed E-state index contributed by atoms with van der Waals surface area (Å²) in [5.74, 6) is -1.54. The molecule has 500 valence electrons. The summed E-state index contributed by atoms with van der Waals surface area (Å²) in [5.41, 5.74) is 3.62. The maximum absolute atomic E-state index is 12.3. The van der Waals surface area contributed by atoms with Crippen molar-refractivity contribution in [3.05, 3.63) is 211 Å². The molecule has 2 aromatic heterocycles. The second-order valence-electron chi connectivity index (χ2n) is 22.6. The van der Waals surface area contributed by atoms with Crippen LogP contribution in [0, 0.1) is 17.8 Å². The Hall–Kier alpha value is -11.4. The molecule has 0 saturated carbocycles. The number of carbonyl (C=O) groups is 2. The van der Waals surface area contributed by atoms with Crippen molar-refractivity contribution in [2.24, 2.45) is 17.8 Å². The van der Waals surface area contributed by atoms with Gasteiger partial charge < -0.3 is 98.9 Å². The summed E-state index contributed by atoms with van der Waals surface area (Å²) in [6.45, 7) is -0.194. The Morgan fingerprint density at radius 3 is 1.50 bits per heavy atom. The van der Waals surface area contributed by atoms with Crippen LogP contribution in [0.5, 0.6) is 69.0 Å². The number of ether oxygens (including phenoxy) is 5.